The van der Waals surface area contributed by atoms with Crippen molar-refractivity contribution in [2.45, 2.75) is 26.3 Å². The minimum absolute atomic E-state index is 0.715. The van der Waals surface area contributed by atoms with E-state index in [0.717, 1.165) is 25.1 Å². The summed E-state index contributed by atoms with van der Waals surface area (Å²) in [6, 6.07) is 3.94. The van der Waals surface area contributed by atoms with Gasteiger partial charge in [0, 0.05) is 25.5 Å². The quantitative estimate of drug-likeness (QED) is 0.590. The SMILES string of the molecule is CCCCNC(=S)NCc1cccnc1. The van der Waals surface area contributed by atoms with Crippen molar-refractivity contribution in [3.8, 4) is 0 Å². The Morgan fingerprint density at radius 2 is 2.33 bits per heavy atom. The van der Waals surface area contributed by atoms with Gasteiger partial charge < -0.3 is 10.6 Å². The van der Waals surface area contributed by atoms with Crippen LogP contribution in [0.3, 0.4) is 0 Å². The van der Waals surface area contributed by atoms with Crippen molar-refractivity contribution in [1.29, 1.82) is 0 Å². The van der Waals surface area contributed by atoms with Crippen molar-refractivity contribution in [3.05, 3.63) is 30.1 Å². The molecule has 0 saturated heterocycles. The van der Waals surface area contributed by atoms with Crippen molar-refractivity contribution in [1.82, 2.24) is 15.6 Å². The van der Waals surface area contributed by atoms with E-state index in [2.05, 4.69) is 22.5 Å². The maximum Gasteiger partial charge on any atom is 0.166 e. The third-order valence-electron chi connectivity index (χ3n) is 1.99. The zero-order valence-corrected chi connectivity index (χ0v) is 9.81. The van der Waals surface area contributed by atoms with Crippen molar-refractivity contribution < 1.29 is 0 Å². The lowest BCUT2D eigenvalue weighted by Gasteiger charge is -2.09. The second kappa shape index (κ2) is 7.17. The molecule has 1 rings (SSSR count). The molecular weight excluding hydrogens is 206 g/mol. The van der Waals surface area contributed by atoms with E-state index >= 15 is 0 Å². The van der Waals surface area contributed by atoms with E-state index in [-0.39, 0.29) is 0 Å². The van der Waals surface area contributed by atoms with Gasteiger partial charge in [0.05, 0.1) is 0 Å². The summed E-state index contributed by atoms with van der Waals surface area (Å²) < 4.78 is 0. The topological polar surface area (TPSA) is 37.0 Å². The predicted octanol–water partition coefficient (Wildman–Crippen LogP) is 1.85. The van der Waals surface area contributed by atoms with Gasteiger partial charge in [0.25, 0.3) is 0 Å². The smallest absolute Gasteiger partial charge is 0.166 e. The highest BCUT2D eigenvalue weighted by molar-refractivity contribution is 7.80. The van der Waals surface area contributed by atoms with Gasteiger partial charge in [0.15, 0.2) is 5.11 Å². The van der Waals surface area contributed by atoms with Crippen LogP contribution in [-0.4, -0.2) is 16.6 Å². The molecule has 1 heterocycles. The van der Waals surface area contributed by atoms with E-state index in [1.807, 2.05) is 18.3 Å². The first-order valence-corrected chi connectivity index (χ1v) is 5.64. The number of pyridine rings is 1. The monoisotopic (exact) mass is 223 g/mol. The van der Waals surface area contributed by atoms with Gasteiger partial charge in [-0.15, -0.1) is 0 Å². The number of thiocarbonyl (C=S) groups is 1. The molecule has 0 radical (unpaired) electrons. The van der Waals surface area contributed by atoms with E-state index < -0.39 is 0 Å². The van der Waals surface area contributed by atoms with Crippen molar-refractivity contribution in [3.63, 3.8) is 0 Å². The molecule has 1 aromatic rings. The van der Waals surface area contributed by atoms with Crippen LogP contribution in [0.5, 0.6) is 0 Å². The Morgan fingerprint density at radius 1 is 1.47 bits per heavy atom. The van der Waals surface area contributed by atoms with Gasteiger partial charge in [0.2, 0.25) is 0 Å². The lowest BCUT2D eigenvalue weighted by atomic mass is 10.3. The van der Waals surface area contributed by atoms with Gasteiger partial charge in [-0.05, 0) is 30.3 Å². The van der Waals surface area contributed by atoms with Gasteiger partial charge in [-0.25, -0.2) is 0 Å². The van der Waals surface area contributed by atoms with Gasteiger partial charge >= 0.3 is 0 Å². The van der Waals surface area contributed by atoms with E-state index in [4.69, 9.17) is 12.2 Å². The van der Waals surface area contributed by atoms with E-state index in [1.165, 1.54) is 6.42 Å². The molecule has 0 unspecified atom stereocenters. The summed E-state index contributed by atoms with van der Waals surface area (Å²) in [7, 11) is 0. The second-order valence-corrected chi connectivity index (χ2v) is 3.73. The number of hydrogen-bond donors (Lipinski definition) is 2. The number of unbranched alkanes of at least 4 members (excludes halogenated alkanes) is 1. The molecule has 0 atom stereocenters. The Morgan fingerprint density at radius 3 is 3.00 bits per heavy atom. The average Bonchev–Trinajstić information content (AvgIpc) is 2.28. The van der Waals surface area contributed by atoms with Gasteiger partial charge in [-0.1, -0.05) is 19.4 Å². The molecular formula is C11H17N3S. The first-order chi connectivity index (χ1) is 7.33. The summed E-state index contributed by atoms with van der Waals surface area (Å²) in [5.74, 6) is 0. The van der Waals surface area contributed by atoms with Crippen LogP contribution in [0.4, 0.5) is 0 Å². The summed E-state index contributed by atoms with van der Waals surface area (Å²) in [6.07, 6.45) is 5.93. The molecule has 0 fully saturated rings. The van der Waals surface area contributed by atoms with Gasteiger partial charge in [-0.2, -0.15) is 0 Å². The number of nitrogens with one attached hydrogen (secondary N) is 2. The molecule has 82 valence electrons. The Balaban J connectivity index is 2.17. The Kier molecular flexibility index (Phi) is 5.70. The fraction of sp³-hybridized carbons (Fsp3) is 0.455. The summed E-state index contributed by atoms with van der Waals surface area (Å²) in [5.41, 5.74) is 1.14. The highest BCUT2D eigenvalue weighted by Crippen LogP contribution is 1.93. The second-order valence-electron chi connectivity index (χ2n) is 3.32. The number of rotatable bonds is 5. The Labute approximate surface area is 96.3 Å². The van der Waals surface area contributed by atoms with Crippen molar-refractivity contribution in [2.75, 3.05) is 6.54 Å². The number of aromatic nitrogens is 1. The van der Waals surface area contributed by atoms with Crippen molar-refractivity contribution >= 4 is 17.3 Å². The number of hydrogen-bond acceptors (Lipinski definition) is 2. The predicted molar refractivity (Wildman–Crippen MR) is 66.6 cm³/mol. The van der Waals surface area contributed by atoms with Crippen LogP contribution >= 0.6 is 12.2 Å². The van der Waals surface area contributed by atoms with Gasteiger partial charge in [-0.3, -0.25) is 4.98 Å². The highest BCUT2D eigenvalue weighted by Gasteiger charge is 1.95. The molecule has 0 aliphatic heterocycles. The van der Waals surface area contributed by atoms with Crippen LogP contribution in [0.15, 0.2) is 24.5 Å². The van der Waals surface area contributed by atoms with Crippen LogP contribution in [0.25, 0.3) is 0 Å². The van der Waals surface area contributed by atoms with Crippen LogP contribution in [0.1, 0.15) is 25.3 Å². The minimum Gasteiger partial charge on any atom is -0.363 e. The summed E-state index contributed by atoms with van der Waals surface area (Å²) in [4.78, 5) is 4.03. The first-order valence-electron chi connectivity index (χ1n) is 5.23. The molecule has 4 heteroatoms. The fourth-order valence-electron chi connectivity index (χ4n) is 1.13. The summed E-state index contributed by atoms with van der Waals surface area (Å²) in [6.45, 7) is 3.83. The molecule has 0 aromatic carbocycles. The molecule has 0 spiro atoms. The molecule has 15 heavy (non-hydrogen) atoms. The van der Waals surface area contributed by atoms with Crippen LogP contribution < -0.4 is 10.6 Å². The van der Waals surface area contributed by atoms with Crippen LogP contribution in [0.2, 0.25) is 0 Å². The third kappa shape index (κ3) is 5.32. The highest BCUT2D eigenvalue weighted by atomic mass is 32.1. The largest absolute Gasteiger partial charge is 0.363 e. The maximum absolute atomic E-state index is 5.12. The van der Waals surface area contributed by atoms with Crippen LogP contribution in [0, 0.1) is 0 Å². The maximum atomic E-state index is 5.12. The standard InChI is InChI=1S/C11H17N3S/c1-2-3-7-13-11(15)14-9-10-5-4-6-12-8-10/h4-6,8H,2-3,7,9H2,1H3,(H2,13,14,15). The molecule has 0 amide bonds. The van der Waals surface area contributed by atoms with Crippen molar-refractivity contribution in [2.24, 2.45) is 0 Å². The van der Waals surface area contributed by atoms with Gasteiger partial charge in [0.1, 0.15) is 0 Å². The van der Waals surface area contributed by atoms with Crippen LogP contribution in [-0.2, 0) is 6.54 Å². The number of nitrogens with zero attached hydrogens (tertiary/aromatic N) is 1. The average molecular weight is 223 g/mol. The molecule has 1 aromatic heterocycles. The minimum atomic E-state index is 0.715. The molecule has 0 bridgehead atoms. The Hall–Kier alpha value is -1.16. The Bertz CT molecular complexity index is 287. The summed E-state index contributed by atoms with van der Waals surface area (Å²) >= 11 is 5.12. The molecule has 3 nitrogen and oxygen atoms in total. The fourth-order valence-corrected chi connectivity index (χ4v) is 1.30. The van der Waals surface area contributed by atoms with E-state index in [0.29, 0.717) is 5.11 Å². The lowest BCUT2D eigenvalue weighted by molar-refractivity contribution is 0.738. The first kappa shape index (κ1) is 11.9. The zero-order chi connectivity index (χ0) is 10.9. The summed E-state index contributed by atoms with van der Waals surface area (Å²) in [5, 5.41) is 7.01. The van der Waals surface area contributed by atoms with E-state index in [9.17, 15) is 0 Å². The van der Waals surface area contributed by atoms with E-state index in [1.54, 1.807) is 6.20 Å². The zero-order valence-electron chi connectivity index (χ0n) is 8.99. The third-order valence-corrected chi connectivity index (χ3v) is 2.28. The molecule has 0 aliphatic rings. The molecule has 0 aliphatic carbocycles. The molecule has 2 N–H and O–H groups in total. The molecule has 0 saturated carbocycles. The lowest BCUT2D eigenvalue weighted by Crippen LogP contribution is -2.35. The normalized spacial score (nSPS) is 9.67.